The van der Waals surface area contributed by atoms with Gasteiger partial charge in [0, 0.05) is 13.0 Å². The van der Waals surface area contributed by atoms with E-state index in [4.69, 9.17) is 9.84 Å². The van der Waals surface area contributed by atoms with Gasteiger partial charge in [-0.3, -0.25) is 14.4 Å². The van der Waals surface area contributed by atoms with Gasteiger partial charge in [-0.25, -0.2) is 0 Å². The number of nitrogens with one attached hydrogen (secondary N) is 2. The first kappa shape index (κ1) is 11.8. The molecule has 17 heavy (non-hydrogen) atoms. The van der Waals surface area contributed by atoms with Crippen molar-refractivity contribution < 1.29 is 24.2 Å². The topological polar surface area (TPSA) is 105 Å². The van der Waals surface area contributed by atoms with Crippen LogP contribution >= 0.6 is 0 Å². The lowest BCUT2D eigenvalue weighted by atomic mass is 10.0. The van der Waals surface area contributed by atoms with E-state index < -0.39 is 23.8 Å². The Bertz CT molecular complexity index is 357. The number of aliphatic carboxylic acids is 1. The molecule has 0 aromatic heterocycles. The molecule has 2 saturated heterocycles. The molecule has 7 nitrogen and oxygen atoms in total. The molecule has 94 valence electrons. The van der Waals surface area contributed by atoms with Gasteiger partial charge in [-0.05, 0) is 0 Å². The van der Waals surface area contributed by atoms with E-state index in [1.54, 1.807) is 0 Å². The zero-order valence-electron chi connectivity index (χ0n) is 9.14. The summed E-state index contributed by atoms with van der Waals surface area (Å²) in [5.74, 6) is -2.53. The van der Waals surface area contributed by atoms with E-state index in [2.05, 4.69) is 10.6 Å². The van der Waals surface area contributed by atoms with Gasteiger partial charge in [-0.2, -0.15) is 0 Å². The number of hydrogen-bond donors (Lipinski definition) is 3. The number of carbonyl (C=O) groups is 3. The number of carboxylic acid groups (broad SMARTS) is 1. The molecule has 7 heteroatoms. The zero-order chi connectivity index (χ0) is 12.4. The minimum absolute atomic E-state index is 0.113. The van der Waals surface area contributed by atoms with Gasteiger partial charge in [0.2, 0.25) is 11.8 Å². The molecule has 0 saturated carbocycles. The normalized spacial score (nSPS) is 32.2. The second kappa shape index (κ2) is 4.70. The van der Waals surface area contributed by atoms with Crippen molar-refractivity contribution in [3.8, 4) is 0 Å². The first-order valence-electron chi connectivity index (χ1n) is 5.45. The third kappa shape index (κ3) is 2.55. The van der Waals surface area contributed by atoms with Crippen LogP contribution in [0.4, 0.5) is 0 Å². The quantitative estimate of drug-likeness (QED) is 0.549. The lowest BCUT2D eigenvalue weighted by Gasteiger charge is -2.17. The fourth-order valence-corrected chi connectivity index (χ4v) is 2.03. The molecule has 2 aliphatic heterocycles. The Hall–Kier alpha value is -1.63. The van der Waals surface area contributed by atoms with Crippen LogP contribution in [0.15, 0.2) is 0 Å². The van der Waals surface area contributed by atoms with Crippen molar-refractivity contribution >= 4 is 17.8 Å². The fourth-order valence-electron chi connectivity index (χ4n) is 2.03. The summed E-state index contributed by atoms with van der Waals surface area (Å²) in [5, 5.41) is 14.1. The molecule has 3 unspecified atom stereocenters. The molecule has 2 heterocycles. The molecule has 3 atom stereocenters. The number of carbonyl (C=O) groups excluding carboxylic acids is 2. The zero-order valence-corrected chi connectivity index (χ0v) is 9.14. The summed E-state index contributed by atoms with van der Waals surface area (Å²) >= 11 is 0. The first-order chi connectivity index (χ1) is 8.08. The average Bonchev–Trinajstić information content (AvgIpc) is 2.86. The Labute approximate surface area is 97.5 Å². The highest BCUT2D eigenvalue weighted by Gasteiger charge is 2.37. The predicted octanol–water partition coefficient (Wildman–Crippen LogP) is -1.66. The van der Waals surface area contributed by atoms with Crippen molar-refractivity contribution in [1.29, 1.82) is 0 Å². The monoisotopic (exact) mass is 242 g/mol. The van der Waals surface area contributed by atoms with E-state index in [0.29, 0.717) is 6.54 Å². The van der Waals surface area contributed by atoms with Crippen LogP contribution < -0.4 is 10.6 Å². The highest BCUT2D eigenvalue weighted by Crippen LogP contribution is 2.16. The van der Waals surface area contributed by atoms with Gasteiger partial charge in [0.05, 0.1) is 25.2 Å². The standard InChI is InChI=1S/C10H14N2O5/c13-8-1-5(2-11-8)9(14)12-7-4-17-3-6(7)10(15)16/h5-7H,1-4H2,(H,11,13)(H,12,14)(H,15,16). The highest BCUT2D eigenvalue weighted by molar-refractivity contribution is 5.89. The van der Waals surface area contributed by atoms with Crippen LogP contribution in [-0.2, 0) is 19.1 Å². The smallest absolute Gasteiger partial charge is 0.311 e. The van der Waals surface area contributed by atoms with Crippen LogP contribution in [0, 0.1) is 11.8 Å². The molecule has 0 bridgehead atoms. The molecule has 0 aromatic carbocycles. The van der Waals surface area contributed by atoms with Crippen molar-refractivity contribution in [2.45, 2.75) is 12.5 Å². The summed E-state index contributed by atoms with van der Waals surface area (Å²) in [6, 6.07) is -0.504. The van der Waals surface area contributed by atoms with Gasteiger partial charge >= 0.3 is 5.97 Å². The summed E-state index contributed by atoms with van der Waals surface area (Å²) in [6.07, 6.45) is 0.164. The maximum absolute atomic E-state index is 11.8. The maximum atomic E-state index is 11.8. The number of rotatable bonds is 3. The van der Waals surface area contributed by atoms with Crippen LogP contribution in [-0.4, -0.2) is 48.7 Å². The molecule has 0 radical (unpaired) electrons. The van der Waals surface area contributed by atoms with Crippen LogP contribution in [0.25, 0.3) is 0 Å². The Morgan fingerprint density at radius 1 is 1.41 bits per heavy atom. The van der Waals surface area contributed by atoms with Crippen molar-refractivity contribution in [1.82, 2.24) is 10.6 Å². The van der Waals surface area contributed by atoms with Crippen molar-refractivity contribution in [2.24, 2.45) is 11.8 Å². The van der Waals surface area contributed by atoms with E-state index in [-0.39, 0.29) is 31.4 Å². The number of hydrogen-bond acceptors (Lipinski definition) is 4. The summed E-state index contributed by atoms with van der Waals surface area (Å²) in [5.41, 5.74) is 0. The van der Waals surface area contributed by atoms with E-state index in [9.17, 15) is 14.4 Å². The summed E-state index contributed by atoms with van der Waals surface area (Å²) in [6.45, 7) is 0.634. The second-order valence-corrected chi connectivity index (χ2v) is 4.30. The van der Waals surface area contributed by atoms with Gasteiger partial charge in [-0.1, -0.05) is 0 Å². The van der Waals surface area contributed by atoms with Crippen molar-refractivity contribution in [2.75, 3.05) is 19.8 Å². The summed E-state index contributed by atoms with van der Waals surface area (Å²) in [7, 11) is 0. The van der Waals surface area contributed by atoms with Gasteiger partial charge in [0.15, 0.2) is 0 Å². The molecule has 2 rings (SSSR count). The minimum Gasteiger partial charge on any atom is -0.481 e. The Balaban J connectivity index is 1.90. The first-order valence-corrected chi connectivity index (χ1v) is 5.45. The number of ether oxygens (including phenoxy) is 1. The highest BCUT2D eigenvalue weighted by atomic mass is 16.5. The fraction of sp³-hybridized carbons (Fsp3) is 0.700. The largest absolute Gasteiger partial charge is 0.481 e. The van der Waals surface area contributed by atoms with Crippen LogP contribution in [0.5, 0.6) is 0 Å². The average molecular weight is 242 g/mol. The van der Waals surface area contributed by atoms with E-state index >= 15 is 0 Å². The Morgan fingerprint density at radius 2 is 2.18 bits per heavy atom. The van der Waals surface area contributed by atoms with Gasteiger partial charge in [-0.15, -0.1) is 0 Å². The van der Waals surface area contributed by atoms with E-state index in [1.807, 2.05) is 0 Å². The van der Waals surface area contributed by atoms with Gasteiger partial charge in [0.1, 0.15) is 5.92 Å². The molecule has 2 fully saturated rings. The third-order valence-corrected chi connectivity index (χ3v) is 3.07. The molecule has 2 aliphatic rings. The summed E-state index contributed by atoms with van der Waals surface area (Å²) in [4.78, 5) is 33.6. The van der Waals surface area contributed by atoms with Crippen LogP contribution in [0.3, 0.4) is 0 Å². The molecule has 3 N–H and O–H groups in total. The number of carboxylic acids is 1. The predicted molar refractivity (Wildman–Crippen MR) is 55.0 cm³/mol. The molecular weight excluding hydrogens is 228 g/mol. The SMILES string of the molecule is O=C1CC(C(=O)NC2COCC2C(=O)O)CN1. The van der Waals surface area contributed by atoms with Crippen molar-refractivity contribution in [3.63, 3.8) is 0 Å². The second-order valence-electron chi connectivity index (χ2n) is 4.30. The van der Waals surface area contributed by atoms with Crippen LogP contribution in [0.2, 0.25) is 0 Å². The lowest BCUT2D eigenvalue weighted by molar-refractivity contribution is -0.142. The van der Waals surface area contributed by atoms with E-state index in [1.165, 1.54) is 0 Å². The minimum atomic E-state index is -0.978. The van der Waals surface area contributed by atoms with Gasteiger partial charge < -0.3 is 20.5 Å². The lowest BCUT2D eigenvalue weighted by Crippen LogP contribution is -2.45. The third-order valence-electron chi connectivity index (χ3n) is 3.07. The van der Waals surface area contributed by atoms with Crippen LogP contribution in [0.1, 0.15) is 6.42 Å². The van der Waals surface area contributed by atoms with Crippen molar-refractivity contribution in [3.05, 3.63) is 0 Å². The summed E-state index contributed by atoms with van der Waals surface area (Å²) < 4.78 is 5.04. The Kier molecular flexibility index (Phi) is 3.28. The van der Waals surface area contributed by atoms with E-state index in [0.717, 1.165) is 0 Å². The maximum Gasteiger partial charge on any atom is 0.311 e. The number of amides is 2. The molecule has 0 aromatic rings. The molecule has 0 spiro atoms. The van der Waals surface area contributed by atoms with Gasteiger partial charge in [0.25, 0.3) is 0 Å². The molecule has 2 amide bonds. The molecule has 0 aliphatic carbocycles. The Morgan fingerprint density at radius 3 is 2.76 bits per heavy atom. The molecular formula is C10H14N2O5.